The maximum atomic E-state index is 13.2. The normalized spacial score (nSPS) is 31.9. The van der Waals surface area contributed by atoms with Gasteiger partial charge in [0.25, 0.3) is 0 Å². The van der Waals surface area contributed by atoms with Crippen molar-refractivity contribution in [1.82, 2.24) is 10.2 Å². The first-order valence-electron chi connectivity index (χ1n) is 10.1. The van der Waals surface area contributed by atoms with Gasteiger partial charge in [-0.25, -0.2) is 0 Å². The molecule has 0 saturated carbocycles. The molecule has 0 unspecified atom stereocenters. The fourth-order valence-electron chi connectivity index (χ4n) is 5.03. The average molecular weight is 362 g/mol. The number of carbonyl (C=O) groups excluding carboxylic acids is 1. The molecule has 3 atom stereocenters. The Morgan fingerprint density at radius 1 is 1.00 bits per heavy atom. The molecule has 0 spiro atoms. The Bertz CT molecular complexity index is 814. The molecule has 4 heteroatoms. The van der Waals surface area contributed by atoms with E-state index >= 15 is 0 Å². The first-order chi connectivity index (χ1) is 13.3. The van der Waals surface area contributed by atoms with E-state index in [1.165, 1.54) is 11.1 Å². The summed E-state index contributed by atoms with van der Waals surface area (Å²) in [5.41, 5.74) is 3.66. The molecule has 6 rings (SSSR count). The van der Waals surface area contributed by atoms with E-state index in [-0.39, 0.29) is 24.0 Å². The van der Waals surface area contributed by atoms with Crippen LogP contribution < -0.4 is 5.32 Å². The van der Waals surface area contributed by atoms with Crippen LogP contribution in [0.15, 0.2) is 54.6 Å². The van der Waals surface area contributed by atoms with Crippen LogP contribution in [0.2, 0.25) is 0 Å². The highest BCUT2D eigenvalue weighted by Crippen LogP contribution is 2.36. The first kappa shape index (κ1) is 17.0. The van der Waals surface area contributed by atoms with E-state index < -0.39 is 0 Å². The van der Waals surface area contributed by atoms with Crippen molar-refractivity contribution in [2.24, 2.45) is 5.92 Å². The third-order valence-corrected chi connectivity index (χ3v) is 6.51. The summed E-state index contributed by atoms with van der Waals surface area (Å²) < 4.78 is 6.09. The van der Waals surface area contributed by atoms with E-state index in [1.807, 2.05) is 18.2 Å². The van der Waals surface area contributed by atoms with Crippen LogP contribution in [-0.2, 0) is 16.1 Å². The van der Waals surface area contributed by atoms with E-state index in [1.54, 1.807) is 0 Å². The molecule has 4 heterocycles. The van der Waals surface area contributed by atoms with Crippen molar-refractivity contribution in [3.8, 4) is 0 Å². The largest absolute Gasteiger partial charge is 0.460 e. The SMILES string of the molecule is O=C(O[C@@H]1CN2CCC1CC2)[C@@H]1NCc2ccccc2[C@H]1c1ccccc1. The van der Waals surface area contributed by atoms with Crippen molar-refractivity contribution in [1.29, 1.82) is 0 Å². The number of hydrogen-bond donors (Lipinski definition) is 1. The summed E-state index contributed by atoms with van der Waals surface area (Å²) in [5, 5.41) is 3.47. The zero-order chi connectivity index (χ0) is 18.2. The van der Waals surface area contributed by atoms with Gasteiger partial charge in [0.1, 0.15) is 12.1 Å². The predicted molar refractivity (Wildman–Crippen MR) is 104 cm³/mol. The van der Waals surface area contributed by atoms with Crippen LogP contribution in [0.25, 0.3) is 0 Å². The number of nitrogens with one attached hydrogen (secondary N) is 1. The lowest BCUT2D eigenvalue weighted by atomic mass is 9.80. The van der Waals surface area contributed by atoms with Gasteiger partial charge in [0.05, 0.1) is 0 Å². The van der Waals surface area contributed by atoms with Crippen LogP contribution in [0.5, 0.6) is 0 Å². The molecule has 140 valence electrons. The number of piperidine rings is 3. The number of benzene rings is 2. The third kappa shape index (κ3) is 3.17. The monoisotopic (exact) mass is 362 g/mol. The lowest BCUT2D eigenvalue weighted by Gasteiger charge is -2.44. The van der Waals surface area contributed by atoms with Gasteiger partial charge in [0, 0.05) is 19.0 Å². The minimum absolute atomic E-state index is 0.00951. The molecule has 2 aromatic carbocycles. The molecular weight excluding hydrogens is 336 g/mol. The summed E-state index contributed by atoms with van der Waals surface area (Å²) in [4.78, 5) is 15.7. The van der Waals surface area contributed by atoms with Crippen molar-refractivity contribution < 1.29 is 9.53 Å². The quantitative estimate of drug-likeness (QED) is 0.853. The molecule has 0 aliphatic carbocycles. The second-order valence-corrected chi connectivity index (χ2v) is 8.06. The Morgan fingerprint density at radius 2 is 1.74 bits per heavy atom. The minimum atomic E-state index is -0.335. The molecule has 0 aromatic heterocycles. The van der Waals surface area contributed by atoms with E-state index in [2.05, 4.69) is 46.6 Å². The Balaban J connectivity index is 1.43. The topological polar surface area (TPSA) is 41.6 Å². The first-order valence-corrected chi connectivity index (χ1v) is 10.1. The van der Waals surface area contributed by atoms with Gasteiger partial charge in [0.15, 0.2) is 0 Å². The maximum Gasteiger partial charge on any atom is 0.324 e. The minimum Gasteiger partial charge on any atom is -0.460 e. The standard InChI is InChI=1S/C23H26N2O2/c26-23(27-20-15-25-12-10-16(20)11-13-25)22-21(17-6-2-1-3-7-17)19-9-5-4-8-18(19)14-24-22/h1-9,16,20-22,24H,10-15H2/t20-,21-,22-/m1/s1. The number of nitrogens with zero attached hydrogens (tertiary/aromatic N) is 1. The number of esters is 1. The van der Waals surface area contributed by atoms with E-state index in [0.717, 1.165) is 38.0 Å². The number of hydrogen-bond acceptors (Lipinski definition) is 4. The van der Waals surface area contributed by atoms with Gasteiger partial charge in [-0.05, 0) is 48.5 Å². The number of fused-ring (bicyclic) bond motifs is 4. The molecule has 3 fully saturated rings. The molecule has 0 amide bonds. The van der Waals surface area contributed by atoms with E-state index in [0.29, 0.717) is 12.5 Å². The zero-order valence-electron chi connectivity index (χ0n) is 15.5. The predicted octanol–water partition coefficient (Wildman–Crippen LogP) is 2.93. The molecule has 2 aromatic rings. The van der Waals surface area contributed by atoms with Gasteiger partial charge >= 0.3 is 5.97 Å². The van der Waals surface area contributed by atoms with Gasteiger partial charge < -0.3 is 4.74 Å². The Kier molecular flexibility index (Phi) is 4.46. The van der Waals surface area contributed by atoms with Gasteiger partial charge in [-0.2, -0.15) is 0 Å². The Hall–Kier alpha value is -2.17. The Morgan fingerprint density at radius 3 is 2.48 bits per heavy atom. The molecule has 3 saturated heterocycles. The highest BCUT2D eigenvalue weighted by atomic mass is 16.5. The van der Waals surface area contributed by atoms with Crippen molar-refractivity contribution in [2.45, 2.75) is 37.5 Å². The highest BCUT2D eigenvalue weighted by Gasteiger charge is 2.41. The van der Waals surface area contributed by atoms with Gasteiger partial charge in [-0.3, -0.25) is 15.0 Å². The lowest BCUT2D eigenvalue weighted by molar-refractivity contribution is -0.162. The van der Waals surface area contributed by atoms with Crippen molar-refractivity contribution in [3.63, 3.8) is 0 Å². The van der Waals surface area contributed by atoms with Crippen LogP contribution in [-0.4, -0.2) is 42.6 Å². The maximum absolute atomic E-state index is 13.2. The molecule has 4 aliphatic rings. The average Bonchev–Trinajstić information content (AvgIpc) is 2.74. The van der Waals surface area contributed by atoms with Crippen LogP contribution >= 0.6 is 0 Å². The van der Waals surface area contributed by atoms with Crippen molar-refractivity contribution in [3.05, 3.63) is 71.3 Å². The Labute approximate surface area is 160 Å². The second-order valence-electron chi connectivity index (χ2n) is 8.06. The molecule has 4 nitrogen and oxygen atoms in total. The van der Waals surface area contributed by atoms with Crippen molar-refractivity contribution in [2.75, 3.05) is 19.6 Å². The fourth-order valence-corrected chi connectivity index (χ4v) is 5.03. The van der Waals surface area contributed by atoms with Crippen LogP contribution in [0.3, 0.4) is 0 Å². The summed E-state index contributed by atoms with van der Waals surface area (Å²) in [6, 6.07) is 18.4. The third-order valence-electron chi connectivity index (χ3n) is 6.51. The highest BCUT2D eigenvalue weighted by molar-refractivity contribution is 5.79. The summed E-state index contributed by atoms with van der Waals surface area (Å²) in [6.07, 6.45) is 2.36. The van der Waals surface area contributed by atoms with Gasteiger partial charge in [-0.1, -0.05) is 54.6 Å². The fraction of sp³-hybridized carbons (Fsp3) is 0.435. The number of ether oxygens (including phenoxy) is 1. The molecule has 1 N–H and O–H groups in total. The molecule has 2 bridgehead atoms. The molecule has 0 radical (unpaired) electrons. The van der Waals surface area contributed by atoms with Gasteiger partial charge in [-0.15, -0.1) is 0 Å². The van der Waals surface area contributed by atoms with Crippen LogP contribution in [0, 0.1) is 5.92 Å². The molecular formula is C23H26N2O2. The molecule has 27 heavy (non-hydrogen) atoms. The smallest absolute Gasteiger partial charge is 0.324 e. The number of carbonyl (C=O) groups is 1. The summed E-state index contributed by atoms with van der Waals surface area (Å²) in [5.74, 6) is 0.423. The summed E-state index contributed by atoms with van der Waals surface area (Å²) in [7, 11) is 0. The lowest BCUT2D eigenvalue weighted by Crippen LogP contribution is -2.54. The van der Waals surface area contributed by atoms with Crippen molar-refractivity contribution >= 4 is 5.97 Å². The van der Waals surface area contributed by atoms with Crippen LogP contribution in [0.4, 0.5) is 0 Å². The zero-order valence-corrected chi connectivity index (χ0v) is 15.5. The number of rotatable bonds is 3. The summed E-state index contributed by atoms with van der Waals surface area (Å²) in [6.45, 7) is 3.91. The molecule has 4 aliphatic heterocycles. The second kappa shape index (κ2) is 7.10. The summed E-state index contributed by atoms with van der Waals surface area (Å²) >= 11 is 0. The van der Waals surface area contributed by atoms with Crippen LogP contribution in [0.1, 0.15) is 35.4 Å². The van der Waals surface area contributed by atoms with Gasteiger partial charge in [0.2, 0.25) is 0 Å². The van der Waals surface area contributed by atoms with E-state index in [4.69, 9.17) is 4.74 Å². The van der Waals surface area contributed by atoms with E-state index in [9.17, 15) is 4.79 Å².